The van der Waals surface area contributed by atoms with Crippen LogP contribution in [0.15, 0.2) is 28.2 Å². The molecular weight excluding hydrogens is 374 g/mol. The molecule has 26 heavy (non-hydrogen) atoms. The number of benzene rings is 1. The van der Waals surface area contributed by atoms with E-state index in [1.54, 1.807) is 29.9 Å². The molecule has 0 aliphatic heterocycles. The number of fused-ring (bicyclic) bond motifs is 1. The van der Waals surface area contributed by atoms with Gasteiger partial charge in [-0.25, -0.2) is 4.98 Å². The molecule has 3 rings (SSSR count). The van der Waals surface area contributed by atoms with E-state index in [2.05, 4.69) is 4.98 Å². The molecule has 1 heterocycles. The second kappa shape index (κ2) is 8.41. The van der Waals surface area contributed by atoms with Crippen molar-refractivity contribution in [3.63, 3.8) is 0 Å². The van der Waals surface area contributed by atoms with E-state index >= 15 is 0 Å². The average Bonchev–Trinajstić information content (AvgIpc) is 3.44. The van der Waals surface area contributed by atoms with Crippen LogP contribution in [0.3, 0.4) is 0 Å². The number of aromatic nitrogens is 2. The first kappa shape index (κ1) is 19.2. The maximum absolute atomic E-state index is 12.8. The normalized spacial score (nSPS) is 14.0. The van der Waals surface area contributed by atoms with E-state index in [0.29, 0.717) is 46.8 Å². The third kappa shape index (κ3) is 4.22. The Balaban J connectivity index is 1.89. The maximum Gasteiger partial charge on any atom is 0.262 e. The highest BCUT2D eigenvalue weighted by molar-refractivity contribution is 7.99. The molecule has 6 nitrogen and oxygen atoms in total. The molecule has 1 saturated carbocycles. The summed E-state index contributed by atoms with van der Waals surface area (Å²) in [6.07, 6.45) is 2.16. The van der Waals surface area contributed by atoms with Crippen LogP contribution in [-0.4, -0.2) is 52.4 Å². The number of ether oxygens (including phenoxy) is 1. The van der Waals surface area contributed by atoms with Gasteiger partial charge in [0.15, 0.2) is 5.16 Å². The van der Waals surface area contributed by atoms with Crippen molar-refractivity contribution in [3.8, 4) is 0 Å². The fraction of sp³-hybridized carbons (Fsp3) is 0.500. The number of carbonyl (C=O) groups excluding carboxylic acids is 1. The number of hydrogen-bond donors (Lipinski definition) is 0. The molecule has 0 spiro atoms. The number of nitrogens with zero attached hydrogens (tertiary/aromatic N) is 3. The van der Waals surface area contributed by atoms with E-state index in [9.17, 15) is 9.59 Å². The first-order valence-corrected chi connectivity index (χ1v) is 10.0. The van der Waals surface area contributed by atoms with Gasteiger partial charge in [0.25, 0.3) is 5.56 Å². The van der Waals surface area contributed by atoms with E-state index in [-0.39, 0.29) is 17.2 Å². The molecule has 1 aliphatic rings. The summed E-state index contributed by atoms with van der Waals surface area (Å²) in [5.41, 5.74) is 0.397. The fourth-order valence-corrected chi connectivity index (χ4v) is 3.98. The summed E-state index contributed by atoms with van der Waals surface area (Å²) in [6, 6.07) is 5.42. The lowest BCUT2D eigenvalue weighted by molar-refractivity contribution is -0.128. The van der Waals surface area contributed by atoms with Crippen LogP contribution in [-0.2, 0) is 16.1 Å². The highest BCUT2D eigenvalue weighted by Crippen LogP contribution is 2.28. The third-order valence-electron chi connectivity index (χ3n) is 4.37. The minimum absolute atomic E-state index is 0.0822. The quantitative estimate of drug-likeness (QED) is 0.508. The predicted molar refractivity (Wildman–Crippen MR) is 104 cm³/mol. The van der Waals surface area contributed by atoms with Gasteiger partial charge in [0, 0.05) is 24.7 Å². The van der Waals surface area contributed by atoms with Crippen molar-refractivity contribution in [3.05, 3.63) is 33.6 Å². The van der Waals surface area contributed by atoms with E-state index in [4.69, 9.17) is 16.3 Å². The smallest absolute Gasteiger partial charge is 0.262 e. The van der Waals surface area contributed by atoms with E-state index in [0.717, 1.165) is 12.8 Å². The van der Waals surface area contributed by atoms with Crippen molar-refractivity contribution in [1.82, 2.24) is 14.5 Å². The van der Waals surface area contributed by atoms with Gasteiger partial charge in [-0.2, -0.15) is 0 Å². The third-order valence-corrected chi connectivity index (χ3v) is 5.57. The zero-order valence-electron chi connectivity index (χ0n) is 14.9. The number of halogens is 1. The van der Waals surface area contributed by atoms with E-state index < -0.39 is 0 Å². The maximum atomic E-state index is 12.8. The molecule has 0 atom stereocenters. The van der Waals surface area contributed by atoms with Crippen LogP contribution in [0.25, 0.3) is 10.9 Å². The Labute approximate surface area is 161 Å². The van der Waals surface area contributed by atoms with Gasteiger partial charge in [-0.05, 0) is 38.0 Å². The Hall–Kier alpha value is -1.57. The molecule has 1 aliphatic carbocycles. The lowest BCUT2D eigenvalue weighted by Gasteiger charge is -2.20. The monoisotopic (exact) mass is 395 g/mol. The number of thioether (sulfide) groups is 1. The van der Waals surface area contributed by atoms with Crippen LogP contribution >= 0.6 is 23.4 Å². The van der Waals surface area contributed by atoms with E-state index in [1.807, 2.05) is 11.8 Å². The van der Waals surface area contributed by atoms with Crippen LogP contribution in [0, 0.1) is 0 Å². The second-order valence-corrected chi connectivity index (χ2v) is 7.58. The minimum Gasteiger partial charge on any atom is -0.383 e. The summed E-state index contributed by atoms with van der Waals surface area (Å²) < 4.78 is 6.69. The zero-order valence-corrected chi connectivity index (χ0v) is 16.5. The molecule has 1 aromatic carbocycles. The van der Waals surface area contributed by atoms with Crippen LogP contribution < -0.4 is 5.56 Å². The summed E-state index contributed by atoms with van der Waals surface area (Å²) in [4.78, 5) is 31.8. The molecule has 0 saturated heterocycles. The average molecular weight is 396 g/mol. The summed E-state index contributed by atoms with van der Waals surface area (Å²) in [5.74, 6) is 0.342. The predicted octanol–water partition coefficient (Wildman–Crippen LogP) is 2.80. The van der Waals surface area contributed by atoms with Gasteiger partial charge in [0.2, 0.25) is 5.91 Å². The summed E-state index contributed by atoms with van der Waals surface area (Å²) in [7, 11) is 1.59. The van der Waals surface area contributed by atoms with Crippen molar-refractivity contribution in [1.29, 1.82) is 0 Å². The lowest BCUT2D eigenvalue weighted by Crippen LogP contribution is -2.34. The Kier molecular flexibility index (Phi) is 6.21. The first-order valence-electron chi connectivity index (χ1n) is 8.66. The Morgan fingerprint density at radius 3 is 2.88 bits per heavy atom. The Bertz CT molecular complexity index is 867. The summed E-state index contributed by atoms with van der Waals surface area (Å²) >= 11 is 7.33. The highest BCUT2D eigenvalue weighted by atomic mass is 35.5. The summed E-state index contributed by atoms with van der Waals surface area (Å²) in [6.45, 7) is 3.48. The molecule has 2 aromatic rings. The van der Waals surface area contributed by atoms with Gasteiger partial charge in [0.1, 0.15) is 0 Å². The molecule has 1 fully saturated rings. The molecule has 0 bridgehead atoms. The van der Waals surface area contributed by atoms with Crippen LogP contribution in [0.1, 0.15) is 19.8 Å². The Morgan fingerprint density at radius 1 is 1.46 bits per heavy atom. The number of rotatable bonds is 8. The number of carbonyl (C=O) groups is 1. The SMILES string of the molecule is CCN(C(=O)CSc1nc2cc(Cl)ccc2c(=O)n1CCOC)C1CC1. The molecule has 140 valence electrons. The summed E-state index contributed by atoms with van der Waals surface area (Å²) in [5, 5.41) is 1.55. The molecule has 1 aromatic heterocycles. The van der Waals surface area contributed by atoms with Gasteiger partial charge in [-0.1, -0.05) is 23.4 Å². The van der Waals surface area contributed by atoms with Crippen molar-refractivity contribution in [2.45, 2.75) is 37.5 Å². The van der Waals surface area contributed by atoms with Gasteiger partial charge in [-0.15, -0.1) is 0 Å². The highest BCUT2D eigenvalue weighted by Gasteiger charge is 2.31. The topological polar surface area (TPSA) is 64.4 Å². The number of methoxy groups -OCH3 is 1. The molecule has 0 unspecified atom stereocenters. The lowest BCUT2D eigenvalue weighted by atomic mass is 10.2. The molecule has 8 heteroatoms. The fourth-order valence-electron chi connectivity index (χ4n) is 2.90. The van der Waals surface area contributed by atoms with Crippen LogP contribution in [0.5, 0.6) is 0 Å². The first-order chi connectivity index (χ1) is 12.5. The Morgan fingerprint density at radius 2 is 2.23 bits per heavy atom. The van der Waals surface area contributed by atoms with Crippen LogP contribution in [0.4, 0.5) is 0 Å². The largest absolute Gasteiger partial charge is 0.383 e. The zero-order chi connectivity index (χ0) is 18.7. The number of hydrogen-bond acceptors (Lipinski definition) is 5. The molecule has 0 N–H and O–H groups in total. The van der Waals surface area contributed by atoms with Gasteiger partial charge >= 0.3 is 0 Å². The molecular formula is C18H22ClN3O3S. The van der Waals surface area contributed by atoms with Gasteiger partial charge in [-0.3, -0.25) is 14.2 Å². The number of amides is 1. The second-order valence-electron chi connectivity index (χ2n) is 6.21. The van der Waals surface area contributed by atoms with Crippen molar-refractivity contribution < 1.29 is 9.53 Å². The van der Waals surface area contributed by atoms with E-state index in [1.165, 1.54) is 11.8 Å². The van der Waals surface area contributed by atoms with Crippen molar-refractivity contribution in [2.75, 3.05) is 26.0 Å². The minimum atomic E-state index is -0.145. The molecule has 1 amide bonds. The van der Waals surface area contributed by atoms with Crippen molar-refractivity contribution in [2.24, 2.45) is 0 Å². The van der Waals surface area contributed by atoms with Crippen molar-refractivity contribution >= 4 is 40.2 Å². The standard InChI is InChI=1S/C18H22ClN3O3S/c1-3-21(13-5-6-13)16(23)11-26-18-20-15-10-12(19)4-7-14(15)17(24)22(18)8-9-25-2/h4,7,10,13H,3,5-6,8-9,11H2,1-2H3. The van der Waals surface area contributed by atoms with Crippen LogP contribution in [0.2, 0.25) is 5.02 Å². The molecule has 0 radical (unpaired) electrons. The van der Waals surface area contributed by atoms with Gasteiger partial charge in [0.05, 0.1) is 29.8 Å². The van der Waals surface area contributed by atoms with Gasteiger partial charge < -0.3 is 9.64 Å².